The quantitative estimate of drug-likeness (QED) is 0.819. The molecular weight excluding hydrogens is 194 g/mol. The average molecular weight is 207 g/mol. The summed E-state index contributed by atoms with van der Waals surface area (Å²) in [6.07, 6.45) is -0.545. The summed E-state index contributed by atoms with van der Waals surface area (Å²) in [7, 11) is 1.65. The van der Waals surface area contributed by atoms with Crippen molar-refractivity contribution in [2.75, 3.05) is 13.7 Å². The Morgan fingerprint density at radius 1 is 1.53 bits per heavy atom. The minimum absolute atomic E-state index is 0.191. The molecule has 80 valence electrons. The van der Waals surface area contributed by atoms with Gasteiger partial charge in [-0.3, -0.25) is 0 Å². The molecule has 4 nitrogen and oxygen atoms in total. The van der Waals surface area contributed by atoms with E-state index in [9.17, 15) is 4.79 Å². The van der Waals surface area contributed by atoms with E-state index in [0.29, 0.717) is 13.2 Å². The Bertz CT molecular complexity index is 365. The van der Waals surface area contributed by atoms with Gasteiger partial charge in [0.25, 0.3) is 0 Å². The van der Waals surface area contributed by atoms with Gasteiger partial charge in [-0.25, -0.2) is 4.79 Å². The van der Waals surface area contributed by atoms with Crippen LogP contribution in [0.2, 0.25) is 0 Å². The van der Waals surface area contributed by atoms with E-state index in [0.717, 1.165) is 11.1 Å². The Morgan fingerprint density at radius 2 is 2.33 bits per heavy atom. The molecule has 1 aliphatic heterocycles. The number of ether oxygens (including phenoxy) is 2. The Hall–Kier alpha value is -1.55. The lowest BCUT2D eigenvalue weighted by Crippen LogP contribution is -2.12. The number of hydrogen-bond acceptors (Lipinski definition) is 3. The standard InChI is InChI=1S/C11H13NO3/c1-14-7-8-4-2-3-5-9(8)10-6-12-11(13)15-10/h2-5,10H,6-7H2,1H3,(H,12,13). The molecule has 1 unspecified atom stereocenters. The minimum atomic E-state index is -0.354. The predicted molar refractivity (Wildman–Crippen MR) is 54.4 cm³/mol. The van der Waals surface area contributed by atoms with E-state index in [1.54, 1.807) is 7.11 Å². The Labute approximate surface area is 88.2 Å². The van der Waals surface area contributed by atoms with E-state index in [-0.39, 0.29) is 12.2 Å². The number of methoxy groups -OCH3 is 1. The molecular formula is C11H13NO3. The second-order valence-electron chi connectivity index (χ2n) is 3.41. The van der Waals surface area contributed by atoms with Crippen LogP contribution in [0.5, 0.6) is 0 Å². The molecule has 0 spiro atoms. The molecule has 1 aromatic carbocycles. The zero-order valence-electron chi connectivity index (χ0n) is 8.53. The van der Waals surface area contributed by atoms with Gasteiger partial charge in [0.15, 0.2) is 0 Å². The molecule has 1 heterocycles. The third kappa shape index (κ3) is 2.10. The van der Waals surface area contributed by atoms with E-state index in [4.69, 9.17) is 9.47 Å². The summed E-state index contributed by atoms with van der Waals surface area (Å²) >= 11 is 0. The molecule has 1 saturated heterocycles. The van der Waals surface area contributed by atoms with Crippen LogP contribution in [0.1, 0.15) is 17.2 Å². The number of cyclic esters (lactones) is 1. The first-order valence-electron chi connectivity index (χ1n) is 4.82. The maximum absolute atomic E-state index is 10.9. The first-order valence-corrected chi connectivity index (χ1v) is 4.82. The van der Waals surface area contributed by atoms with Crippen LogP contribution in [-0.2, 0) is 16.1 Å². The van der Waals surface area contributed by atoms with Crippen LogP contribution < -0.4 is 5.32 Å². The molecule has 2 rings (SSSR count). The number of hydrogen-bond donors (Lipinski definition) is 1. The predicted octanol–water partition coefficient (Wildman–Crippen LogP) is 1.61. The fourth-order valence-corrected chi connectivity index (χ4v) is 1.70. The van der Waals surface area contributed by atoms with Crippen molar-refractivity contribution >= 4 is 6.09 Å². The normalized spacial score (nSPS) is 19.8. The lowest BCUT2D eigenvalue weighted by Gasteiger charge is -2.12. The zero-order valence-corrected chi connectivity index (χ0v) is 8.53. The van der Waals surface area contributed by atoms with E-state index < -0.39 is 0 Å². The summed E-state index contributed by atoms with van der Waals surface area (Å²) in [6, 6.07) is 7.81. The summed E-state index contributed by atoms with van der Waals surface area (Å²) in [6.45, 7) is 1.06. The number of carbonyl (C=O) groups is 1. The van der Waals surface area contributed by atoms with Gasteiger partial charge in [0.05, 0.1) is 13.2 Å². The first kappa shape index (κ1) is 9.98. The van der Waals surface area contributed by atoms with Crippen molar-refractivity contribution in [3.05, 3.63) is 35.4 Å². The van der Waals surface area contributed by atoms with Gasteiger partial charge in [0, 0.05) is 7.11 Å². The molecule has 0 aliphatic carbocycles. The van der Waals surface area contributed by atoms with E-state index in [1.165, 1.54) is 0 Å². The number of rotatable bonds is 3. The zero-order chi connectivity index (χ0) is 10.7. The van der Waals surface area contributed by atoms with Crippen LogP contribution in [0.15, 0.2) is 24.3 Å². The number of benzene rings is 1. The van der Waals surface area contributed by atoms with Crippen molar-refractivity contribution in [2.45, 2.75) is 12.7 Å². The fourth-order valence-electron chi connectivity index (χ4n) is 1.70. The largest absolute Gasteiger partial charge is 0.439 e. The SMILES string of the molecule is COCc1ccccc1C1CNC(=O)O1. The second kappa shape index (κ2) is 4.31. The van der Waals surface area contributed by atoms with Crippen LogP contribution in [0.25, 0.3) is 0 Å². The highest BCUT2D eigenvalue weighted by atomic mass is 16.6. The van der Waals surface area contributed by atoms with Gasteiger partial charge in [-0.15, -0.1) is 0 Å². The molecule has 0 aromatic heterocycles. The number of carbonyl (C=O) groups excluding carboxylic acids is 1. The summed E-state index contributed by atoms with van der Waals surface area (Å²) in [5.74, 6) is 0. The van der Waals surface area contributed by atoms with Gasteiger partial charge < -0.3 is 14.8 Å². The molecule has 1 aliphatic rings. The maximum atomic E-state index is 10.9. The van der Waals surface area contributed by atoms with Crippen LogP contribution in [0.3, 0.4) is 0 Å². The first-order chi connectivity index (χ1) is 7.31. The van der Waals surface area contributed by atoms with Crippen molar-refractivity contribution < 1.29 is 14.3 Å². The van der Waals surface area contributed by atoms with E-state index in [1.807, 2.05) is 24.3 Å². The van der Waals surface area contributed by atoms with E-state index >= 15 is 0 Å². The van der Waals surface area contributed by atoms with Gasteiger partial charge in [-0.2, -0.15) is 0 Å². The third-order valence-electron chi connectivity index (χ3n) is 2.38. The van der Waals surface area contributed by atoms with Gasteiger partial charge >= 0.3 is 6.09 Å². The van der Waals surface area contributed by atoms with Crippen LogP contribution in [-0.4, -0.2) is 19.7 Å². The second-order valence-corrected chi connectivity index (χ2v) is 3.41. The molecule has 1 atom stereocenters. The van der Waals surface area contributed by atoms with Crippen molar-refractivity contribution in [3.63, 3.8) is 0 Å². The van der Waals surface area contributed by atoms with Crippen molar-refractivity contribution in [1.82, 2.24) is 5.32 Å². The lowest BCUT2D eigenvalue weighted by atomic mass is 10.0. The summed E-state index contributed by atoms with van der Waals surface area (Å²) < 4.78 is 10.2. The Kier molecular flexibility index (Phi) is 2.87. The van der Waals surface area contributed by atoms with Gasteiger partial charge in [-0.05, 0) is 11.1 Å². The summed E-state index contributed by atoms with van der Waals surface area (Å²) in [5, 5.41) is 2.64. The number of alkyl carbamates (subject to hydrolysis) is 1. The van der Waals surface area contributed by atoms with Gasteiger partial charge in [0.2, 0.25) is 0 Å². The fraction of sp³-hybridized carbons (Fsp3) is 0.364. The van der Waals surface area contributed by atoms with Gasteiger partial charge in [0.1, 0.15) is 6.10 Å². The molecule has 1 amide bonds. The molecule has 1 N–H and O–H groups in total. The van der Waals surface area contributed by atoms with Gasteiger partial charge in [-0.1, -0.05) is 24.3 Å². The minimum Gasteiger partial charge on any atom is -0.439 e. The number of nitrogens with one attached hydrogen (secondary N) is 1. The Morgan fingerprint density at radius 3 is 3.00 bits per heavy atom. The van der Waals surface area contributed by atoms with Crippen molar-refractivity contribution in [2.24, 2.45) is 0 Å². The smallest absolute Gasteiger partial charge is 0.407 e. The molecule has 0 radical (unpaired) electrons. The highest BCUT2D eigenvalue weighted by molar-refractivity contribution is 5.69. The van der Waals surface area contributed by atoms with Crippen LogP contribution in [0, 0.1) is 0 Å². The molecule has 15 heavy (non-hydrogen) atoms. The van der Waals surface area contributed by atoms with Crippen LogP contribution in [0.4, 0.5) is 4.79 Å². The summed E-state index contributed by atoms with van der Waals surface area (Å²) in [4.78, 5) is 10.9. The topological polar surface area (TPSA) is 47.6 Å². The molecule has 4 heteroatoms. The van der Waals surface area contributed by atoms with Crippen LogP contribution >= 0.6 is 0 Å². The van der Waals surface area contributed by atoms with Crippen molar-refractivity contribution in [1.29, 1.82) is 0 Å². The van der Waals surface area contributed by atoms with Crippen molar-refractivity contribution in [3.8, 4) is 0 Å². The highest BCUT2D eigenvalue weighted by Gasteiger charge is 2.25. The third-order valence-corrected chi connectivity index (χ3v) is 2.38. The summed E-state index contributed by atoms with van der Waals surface area (Å²) in [5.41, 5.74) is 2.07. The monoisotopic (exact) mass is 207 g/mol. The van der Waals surface area contributed by atoms with E-state index in [2.05, 4.69) is 5.32 Å². The lowest BCUT2D eigenvalue weighted by molar-refractivity contribution is 0.137. The maximum Gasteiger partial charge on any atom is 0.407 e. The average Bonchev–Trinajstić information content (AvgIpc) is 2.66. The molecule has 1 aromatic rings. The molecule has 0 saturated carbocycles. The highest BCUT2D eigenvalue weighted by Crippen LogP contribution is 2.24. The number of amides is 1. The Balaban J connectivity index is 2.22. The molecule has 0 bridgehead atoms. The molecule has 1 fully saturated rings.